The predicted molar refractivity (Wildman–Crippen MR) is 136 cm³/mol. The summed E-state index contributed by atoms with van der Waals surface area (Å²) in [5, 5.41) is 6.03. The van der Waals surface area contributed by atoms with Crippen LogP contribution in [-0.2, 0) is 0 Å². The zero-order valence-electron chi connectivity index (χ0n) is 19.2. The van der Waals surface area contributed by atoms with E-state index in [0.29, 0.717) is 21.9 Å². The fraction of sp³-hybridized carbons (Fsp3) is 0.391. The van der Waals surface area contributed by atoms with Crippen molar-refractivity contribution in [1.82, 2.24) is 20.1 Å². The summed E-state index contributed by atoms with van der Waals surface area (Å²) in [4.78, 5) is 21.1. The van der Waals surface area contributed by atoms with Crippen molar-refractivity contribution < 1.29 is 18.3 Å². The molecule has 0 bridgehead atoms. The Morgan fingerprint density at radius 2 is 1.94 bits per heavy atom. The quantitative estimate of drug-likeness (QED) is 0.391. The van der Waals surface area contributed by atoms with Crippen LogP contribution in [0.5, 0.6) is 5.75 Å². The van der Waals surface area contributed by atoms with E-state index in [1.54, 1.807) is 6.92 Å². The van der Waals surface area contributed by atoms with Crippen molar-refractivity contribution in [2.45, 2.75) is 13.0 Å². The van der Waals surface area contributed by atoms with E-state index in [2.05, 4.69) is 32.5 Å². The lowest BCUT2D eigenvalue weighted by Gasteiger charge is -2.32. The van der Waals surface area contributed by atoms with Crippen LogP contribution in [0.2, 0.25) is 10.0 Å². The van der Waals surface area contributed by atoms with Gasteiger partial charge in [0.1, 0.15) is 11.9 Å². The number of nitrogens with one attached hydrogen (secondary N) is 2. The molecule has 1 saturated heterocycles. The second-order valence-electron chi connectivity index (χ2n) is 8.31. The highest BCUT2D eigenvalue weighted by Crippen LogP contribution is 2.37. The molecule has 1 aliphatic heterocycles. The van der Waals surface area contributed by atoms with Gasteiger partial charge in [-0.05, 0) is 26.1 Å². The minimum atomic E-state index is -0.898. The second-order valence-corrected chi connectivity index (χ2v) is 10.1. The molecule has 1 fully saturated rings. The van der Waals surface area contributed by atoms with E-state index in [9.17, 15) is 13.6 Å². The van der Waals surface area contributed by atoms with E-state index >= 15 is 0 Å². The SMILES string of the molecule is CC(Oc1cc2sc(NC(=O)NCCN3CCN(C)CC3)nc2cc1F)c1c(F)ccc(Cl)c1Cl. The number of rotatable bonds is 7. The minimum Gasteiger partial charge on any atom is -0.483 e. The molecule has 4 rings (SSSR count). The number of amides is 2. The van der Waals surface area contributed by atoms with Crippen LogP contribution >= 0.6 is 34.5 Å². The molecule has 2 heterocycles. The van der Waals surface area contributed by atoms with Crippen LogP contribution in [0.1, 0.15) is 18.6 Å². The molecule has 0 spiro atoms. The van der Waals surface area contributed by atoms with Crippen LogP contribution in [-0.4, -0.2) is 67.1 Å². The molecule has 2 amide bonds. The van der Waals surface area contributed by atoms with Crippen LogP contribution in [0.15, 0.2) is 24.3 Å². The third kappa shape index (κ3) is 6.31. The number of benzene rings is 2. The first-order valence-electron chi connectivity index (χ1n) is 11.1. The van der Waals surface area contributed by atoms with Crippen molar-refractivity contribution in [3.8, 4) is 5.75 Å². The number of ether oxygens (including phenoxy) is 1. The number of urea groups is 1. The van der Waals surface area contributed by atoms with Crippen LogP contribution in [0.4, 0.5) is 18.7 Å². The van der Waals surface area contributed by atoms with E-state index in [1.807, 2.05) is 0 Å². The lowest BCUT2D eigenvalue weighted by Crippen LogP contribution is -2.47. The molecule has 35 heavy (non-hydrogen) atoms. The third-order valence-corrected chi connectivity index (χ3v) is 7.51. The monoisotopic (exact) mass is 543 g/mol. The number of thiazole rings is 1. The summed E-state index contributed by atoms with van der Waals surface area (Å²) < 4.78 is 35.3. The Kier molecular flexibility index (Phi) is 8.28. The number of piperazine rings is 1. The molecule has 0 saturated carbocycles. The van der Waals surface area contributed by atoms with Gasteiger partial charge in [0.25, 0.3) is 0 Å². The molecular weight excluding hydrogens is 519 g/mol. The topological polar surface area (TPSA) is 69.7 Å². The molecule has 1 aliphatic rings. The Balaban J connectivity index is 1.38. The normalized spacial score (nSPS) is 15.8. The largest absolute Gasteiger partial charge is 0.483 e. The number of likely N-dealkylation sites (N-methyl/N-ethyl adjacent to an activating group) is 1. The molecular formula is C23H25Cl2F2N5O2S. The number of hydrogen-bond acceptors (Lipinski definition) is 6. The fourth-order valence-corrected chi connectivity index (χ4v) is 5.12. The highest BCUT2D eigenvalue weighted by Gasteiger charge is 2.21. The maximum absolute atomic E-state index is 14.7. The van der Waals surface area contributed by atoms with Gasteiger partial charge in [-0.1, -0.05) is 34.5 Å². The van der Waals surface area contributed by atoms with E-state index in [0.717, 1.165) is 32.7 Å². The molecule has 188 valence electrons. The molecule has 12 heteroatoms. The summed E-state index contributed by atoms with van der Waals surface area (Å²) >= 11 is 13.3. The molecule has 0 radical (unpaired) electrons. The molecule has 1 unspecified atom stereocenters. The molecule has 7 nitrogen and oxygen atoms in total. The Hall–Kier alpha value is -2.24. The maximum Gasteiger partial charge on any atom is 0.321 e. The zero-order valence-corrected chi connectivity index (χ0v) is 21.5. The summed E-state index contributed by atoms with van der Waals surface area (Å²) in [6, 6.07) is 4.82. The number of nitrogens with zero attached hydrogens (tertiary/aromatic N) is 3. The molecule has 0 aliphatic carbocycles. The van der Waals surface area contributed by atoms with Crippen LogP contribution < -0.4 is 15.4 Å². The van der Waals surface area contributed by atoms with E-state index in [-0.39, 0.29) is 27.4 Å². The van der Waals surface area contributed by atoms with Crippen molar-refractivity contribution >= 4 is 55.9 Å². The summed E-state index contributed by atoms with van der Waals surface area (Å²) in [6.07, 6.45) is -0.898. The number of aromatic nitrogens is 1. The van der Waals surface area contributed by atoms with Gasteiger partial charge < -0.3 is 15.0 Å². The first kappa shape index (κ1) is 25.8. The van der Waals surface area contributed by atoms with Crippen molar-refractivity contribution in [3.63, 3.8) is 0 Å². The van der Waals surface area contributed by atoms with Crippen LogP contribution in [0, 0.1) is 11.6 Å². The number of carbonyl (C=O) groups excluding carboxylic acids is 1. The average Bonchev–Trinajstić information content (AvgIpc) is 3.18. The zero-order chi connectivity index (χ0) is 25.1. The van der Waals surface area contributed by atoms with Gasteiger partial charge in [0.05, 0.1) is 20.3 Å². The van der Waals surface area contributed by atoms with Crippen LogP contribution in [0.25, 0.3) is 10.2 Å². The van der Waals surface area contributed by atoms with Crippen molar-refractivity contribution in [1.29, 1.82) is 0 Å². The molecule has 2 aromatic carbocycles. The van der Waals surface area contributed by atoms with Crippen LogP contribution in [0.3, 0.4) is 0 Å². The Morgan fingerprint density at radius 1 is 1.20 bits per heavy atom. The smallest absolute Gasteiger partial charge is 0.321 e. The molecule has 1 atom stereocenters. The Labute approximate surface area is 216 Å². The number of halogens is 4. The van der Waals surface area contributed by atoms with Gasteiger partial charge in [-0.2, -0.15) is 0 Å². The number of carbonyl (C=O) groups is 1. The number of hydrogen-bond donors (Lipinski definition) is 2. The molecule has 2 N–H and O–H groups in total. The third-order valence-electron chi connectivity index (χ3n) is 5.76. The van der Waals surface area contributed by atoms with Gasteiger partial charge in [-0.25, -0.2) is 18.6 Å². The fourth-order valence-electron chi connectivity index (χ4n) is 3.78. The highest BCUT2D eigenvalue weighted by atomic mass is 35.5. The van der Waals surface area contributed by atoms with E-state index < -0.39 is 17.7 Å². The summed E-state index contributed by atoms with van der Waals surface area (Å²) in [5.74, 6) is -1.36. The van der Waals surface area contributed by atoms with Gasteiger partial charge in [-0.15, -0.1) is 0 Å². The van der Waals surface area contributed by atoms with Crippen molar-refractivity contribution in [2.24, 2.45) is 0 Å². The van der Waals surface area contributed by atoms with Gasteiger partial charge >= 0.3 is 6.03 Å². The van der Waals surface area contributed by atoms with Gasteiger partial charge in [0.2, 0.25) is 0 Å². The Bertz CT molecular complexity index is 1220. The minimum absolute atomic E-state index is 0.0172. The summed E-state index contributed by atoms with van der Waals surface area (Å²) in [7, 11) is 2.09. The average molecular weight is 544 g/mol. The van der Waals surface area contributed by atoms with E-state index in [1.165, 1.54) is 35.6 Å². The summed E-state index contributed by atoms with van der Waals surface area (Å²) in [6.45, 7) is 6.80. The lowest BCUT2D eigenvalue weighted by atomic mass is 10.1. The first-order chi connectivity index (χ1) is 16.7. The second kappa shape index (κ2) is 11.2. The van der Waals surface area contributed by atoms with Crippen molar-refractivity contribution in [2.75, 3.05) is 51.6 Å². The van der Waals surface area contributed by atoms with Gasteiger partial charge in [-0.3, -0.25) is 10.2 Å². The predicted octanol–water partition coefficient (Wildman–Crippen LogP) is 5.39. The van der Waals surface area contributed by atoms with Gasteiger partial charge in [0.15, 0.2) is 16.7 Å². The van der Waals surface area contributed by atoms with Crippen molar-refractivity contribution in [3.05, 3.63) is 51.5 Å². The highest BCUT2D eigenvalue weighted by molar-refractivity contribution is 7.22. The number of fused-ring (bicyclic) bond motifs is 1. The molecule has 1 aromatic heterocycles. The molecule has 3 aromatic rings. The number of anilines is 1. The Morgan fingerprint density at radius 3 is 2.69 bits per heavy atom. The first-order valence-corrected chi connectivity index (χ1v) is 12.6. The lowest BCUT2D eigenvalue weighted by molar-refractivity contribution is 0.155. The van der Waals surface area contributed by atoms with E-state index in [4.69, 9.17) is 27.9 Å². The summed E-state index contributed by atoms with van der Waals surface area (Å²) in [5.41, 5.74) is 0.408. The standard InChI is InChI=1S/C23H25Cl2F2N5O2S/c1-13(20-15(26)4-3-14(24)21(20)25)34-18-12-19-17(11-16(18)27)29-23(35-19)30-22(33)28-5-6-32-9-7-31(2)8-10-32/h3-4,11-13H,5-10H2,1-2H3,(H2,28,29,30,33). The van der Waals surface area contributed by atoms with Gasteiger partial charge in [0, 0.05) is 57.0 Å². The maximum atomic E-state index is 14.7.